The van der Waals surface area contributed by atoms with Gasteiger partial charge in [-0.05, 0) is 125 Å². The molecule has 2 aliphatic rings. The summed E-state index contributed by atoms with van der Waals surface area (Å²) in [5.41, 5.74) is 20.9. The molecule has 48 heavy (non-hydrogen) atoms. The van der Waals surface area contributed by atoms with Crippen LogP contribution in [0, 0.1) is 0 Å². The van der Waals surface area contributed by atoms with Crippen molar-refractivity contribution in [2.45, 2.75) is 38.5 Å². The van der Waals surface area contributed by atoms with Crippen molar-refractivity contribution in [2.75, 3.05) is 0 Å². The Kier molecular flexibility index (Phi) is 6.30. The van der Waals surface area contributed by atoms with Crippen LogP contribution in [-0.4, -0.2) is 0 Å². The molecular formula is C48H38. The second-order valence-corrected chi connectivity index (χ2v) is 14.6. The highest BCUT2D eigenvalue weighted by atomic mass is 14.4. The van der Waals surface area contributed by atoms with Crippen LogP contribution in [0.4, 0.5) is 0 Å². The molecule has 0 atom stereocenters. The first-order chi connectivity index (χ1) is 23.3. The van der Waals surface area contributed by atoms with Gasteiger partial charge >= 0.3 is 0 Å². The topological polar surface area (TPSA) is 0 Å². The van der Waals surface area contributed by atoms with Gasteiger partial charge in [0.05, 0.1) is 0 Å². The number of benzene rings is 7. The van der Waals surface area contributed by atoms with Gasteiger partial charge in [0.15, 0.2) is 0 Å². The van der Waals surface area contributed by atoms with Crippen LogP contribution >= 0.6 is 0 Å². The highest BCUT2D eigenvalue weighted by molar-refractivity contribution is 5.89. The zero-order valence-electron chi connectivity index (χ0n) is 28.0. The monoisotopic (exact) mass is 614 g/mol. The van der Waals surface area contributed by atoms with E-state index in [9.17, 15) is 0 Å². The average molecular weight is 615 g/mol. The minimum Gasteiger partial charge on any atom is -0.0622 e. The molecule has 0 amide bonds. The van der Waals surface area contributed by atoms with Crippen LogP contribution < -0.4 is 0 Å². The van der Waals surface area contributed by atoms with Crippen molar-refractivity contribution >= 4 is 0 Å². The van der Waals surface area contributed by atoms with E-state index in [1.807, 2.05) is 0 Å². The highest BCUT2D eigenvalue weighted by Gasteiger charge is 2.37. The van der Waals surface area contributed by atoms with Gasteiger partial charge in [0, 0.05) is 10.8 Å². The maximum absolute atomic E-state index is 2.45. The molecule has 7 aromatic rings. The molecule has 230 valence electrons. The maximum atomic E-state index is 2.45. The van der Waals surface area contributed by atoms with Crippen molar-refractivity contribution in [3.63, 3.8) is 0 Å². The molecule has 0 saturated heterocycles. The van der Waals surface area contributed by atoms with Gasteiger partial charge in [-0.25, -0.2) is 0 Å². The van der Waals surface area contributed by atoms with Crippen molar-refractivity contribution in [3.8, 4) is 66.8 Å². The second-order valence-electron chi connectivity index (χ2n) is 14.6. The lowest BCUT2D eigenvalue weighted by molar-refractivity contribution is 0.659. The smallest absolute Gasteiger partial charge is 0.0159 e. The number of rotatable bonds is 4. The van der Waals surface area contributed by atoms with Crippen molar-refractivity contribution in [1.29, 1.82) is 0 Å². The number of hydrogen-bond acceptors (Lipinski definition) is 0. The summed E-state index contributed by atoms with van der Waals surface area (Å²) in [6.45, 7) is 9.51. The third kappa shape index (κ3) is 4.36. The van der Waals surface area contributed by atoms with Crippen molar-refractivity contribution in [3.05, 3.63) is 180 Å². The van der Waals surface area contributed by atoms with Crippen LogP contribution in [0.2, 0.25) is 0 Å². The Morgan fingerprint density at radius 1 is 0.250 bits per heavy atom. The first-order valence-electron chi connectivity index (χ1n) is 17.1. The van der Waals surface area contributed by atoms with E-state index in [2.05, 4.69) is 185 Å². The molecule has 2 aliphatic carbocycles. The average Bonchev–Trinajstić information content (AvgIpc) is 3.50. The molecule has 0 bridgehead atoms. The number of fused-ring (bicyclic) bond motifs is 6. The lowest BCUT2D eigenvalue weighted by Gasteiger charge is -2.23. The largest absolute Gasteiger partial charge is 0.0622 e. The Balaban J connectivity index is 1.12. The zero-order chi connectivity index (χ0) is 32.6. The van der Waals surface area contributed by atoms with E-state index in [0.29, 0.717) is 0 Å². The summed E-state index contributed by atoms with van der Waals surface area (Å²) in [6.07, 6.45) is 0. The van der Waals surface area contributed by atoms with E-state index in [4.69, 9.17) is 0 Å². The molecule has 0 fully saturated rings. The molecule has 0 radical (unpaired) electrons. The predicted octanol–water partition coefficient (Wildman–Crippen LogP) is 13.0. The summed E-state index contributed by atoms with van der Waals surface area (Å²) in [5.74, 6) is 0. The molecular weight excluding hydrogens is 577 g/mol. The van der Waals surface area contributed by atoms with Crippen LogP contribution in [-0.2, 0) is 10.8 Å². The Hall–Kier alpha value is -5.46. The molecule has 0 aromatic heterocycles. The summed E-state index contributed by atoms with van der Waals surface area (Å²) in [7, 11) is 0. The minimum atomic E-state index is -0.123. The molecule has 0 saturated carbocycles. The number of hydrogen-bond donors (Lipinski definition) is 0. The molecule has 9 rings (SSSR count). The van der Waals surface area contributed by atoms with Crippen molar-refractivity contribution in [2.24, 2.45) is 0 Å². The lowest BCUT2D eigenvalue weighted by Crippen LogP contribution is -2.15. The van der Waals surface area contributed by atoms with Crippen LogP contribution in [0.5, 0.6) is 0 Å². The van der Waals surface area contributed by atoms with Crippen LogP contribution in [0.3, 0.4) is 0 Å². The molecule has 7 aromatic carbocycles. The Morgan fingerprint density at radius 3 is 1.04 bits per heavy atom. The predicted molar refractivity (Wildman–Crippen MR) is 203 cm³/mol. The first-order valence-corrected chi connectivity index (χ1v) is 17.1. The standard InChI is InChI=1S/C48H38/c1-47(2)43-18-12-11-17-39(43)40-22-19-33(28-44(40)47)34-20-23-41-42-24-21-35(30-46(42)48(3,4)45(41)29-34)38-26-36(31-13-7-5-8-14-31)25-37(27-38)32-15-9-6-10-16-32/h5-30H,1-4H3. The molecule has 0 aliphatic heterocycles. The zero-order valence-corrected chi connectivity index (χ0v) is 28.0. The van der Waals surface area contributed by atoms with Crippen LogP contribution in [0.1, 0.15) is 49.9 Å². The van der Waals surface area contributed by atoms with Crippen LogP contribution in [0.15, 0.2) is 158 Å². The summed E-state index contributed by atoms with van der Waals surface area (Å²) in [4.78, 5) is 0. The summed E-state index contributed by atoms with van der Waals surface area (Å²) >= 11 is 0. The summed E-state index contributed by atoms with van der Waals surface area (Å²) in [6, 6.07) is 58.7. The maximum Gasteiger partial charge on any atom is 0.0159 e. The highest BCUT2D eigenvalue weighted by Crippen LogP contribution is 2.52. The van der Waals surface area contributed by atoms with E-state index in [-0.39, 0.29) is 10.8 Å². The Bertz CT molecular complexity index is 2310. The molecule has 0 nitrogen and oxygen atoms in total. The quantitative estimate of drug-likeness (QED) is 0.185. The molecule has 0 N–H and O–H groups in total. The summed E-state index contributed by atoms with van der Waals surface area (Å²) < 4.78 is 0. The van der Waals surface area contributed by atoms with Gasteiger partial charge in [-0.2, -0.15) is 0 Å². The van der Waals surface area contributed by atoms with E-state index in [1.165, 1.54) is 89.0 Å². The van der Waals surface area contributed by atoms with E-state index >= 15 is 0 Å². The third-order valence-electron chi connectivity index (χ3n) is 11.1. The van der Waals surface area contributed by atoms with Gasteiger partial charge in [0.25, 0.3) is 0 Å². The second kappa shape index (κ2) is 10.5. The Labute approximate surface area is 284 Å². The molecule has 0 spiro atoms. The first kappa shape index (κ1) is 28.7. The van der Waals surface area contributed by atoms with Crippen molar-refractivity contribution < 1.29 is 0 Å². The molecule has 0 unspecified atom stereocenters. The van der Waals surface area contributed by atoms with Gasteiger partial charge < -0.3 is 0 Å². The lowest BCUT2D eigenvalue weighted by atomic mass is 9.80. The van der Waals surface area contributed by atoms with Gasteiger partial charge in [-0.15, -0.1) is 0 Å². The fraction of sp³-hybridized carbons (Fsp3) is 0.125. The minimum absolute atomic E-state index is 0.0111. The van der Waals surface area contributed by atoms with Gasteiger partial charge in [0.2, 0.25) is 0 Å². The van der Waals surface area contributed by atoms with Gasteiger partial charge in [-0.1, -0.05) is 149 Å². The third-order valence-corrected chi connectivity index (χ3v) is 11.1. The van der Waals surface area contributed by atoms with E-state index < -0.39 is 0 Å². The molecule has 0 heterocycles. The Morgan fingerprint density at radius 2 is 0.583 bits per heavy atom. The van der Waals surface area contributed by atoms with E-state index in [0.717, 1.165) is 0 Å². The SMILES string of the molecule is CC1(C)c2ccccc2-c2ccc(-c3ccc4c(c3)C(C)(C)c3cc(-c5cc(-c6ccccc6)cc(-c6ccccc6)c5)ccc3-4)cc21. The summed E-state index contributed by atoms with van der Waals surface area (Å²) in [5, 5.41) is 0. The normalized spacial score (nSPS) is 14.6. The van der Waals surface area contributed by atoms with Crippen LogP contribution in [0.25, 0.3) is 66.8 Å². The van der Waals surface area contributed by atoms with Gasteiger partial charge in [-0.3, -0.25) is 0 Å². The van der Waals surface area contributed by atoms with E-state index in [1.54, 1.807) is 0 Å². The van der Waals surface area contributed by atoms with Crippen molar-refractivity contribution in [1.82, 2.24) is 0 Å². The van der Waals surface area contributed by atoms with Gasteiger partial charge in [0.1, 0.15) is 0 Å². The molecule has 0 heteroatoms. The fourth-order valence-electron chi connectivity index (χ4n) is 8.37. The fourth-order valence-corrected chi connectivity index (χ4v) is 8.37.